The Labute approximate surface area is 291 Å². The summed E-state index contributed by atoms with van der Waals surface area (Å²) in [4.78, 5) is 15.1. The topological polar surface area (TPSA) is 104 Å². The highest BCUT2D eigenvalue weighted by Gasteiger charge is 2.86. The van der Waals surface area contributed by atoms with Crippen LogP contribution in [0.25, 0.3) is 0 Å². The molecule has 2 aliphatic carbocycles. The van der Waals surface area contributed by atoms with Gasteiger partial charge in [-0.05, 0) is 72.7 Å². The van der Waals surface area contributed by atoms with Gasteiger partial charge >= 0.3 is 43.5 Å². The van der Waals surface area contributed by atoms with Crippen molar-refractivity contribution in [3.8, 4) is 11.5 Å². The number of alkyl halides is 9. The fraction of sp³-hybridized carbons (Fsp3) is 0.406. The maximum absolute atomic E-state index is 13.8. The lowest BCUT2D eigenvalue weighted by atomic mass is 9.70. The van der Waals surface area contributed by atoms with Gasteiger partial charge in [0.15, 0.2) is 0 Å². The van der Waals surface area contributed by atoms with E-state index >= 15 is 0 Å². The smallest absolute Gasteiger partial charge is 0.382 e. The third-order valence-corrected chi connectivity index (χ3v) is 12.6. The molecule has 0 saturated heterocycles. The molecule has 280 valence electrons. The number of rotatable bonds is 11. The SMILES string of the molecule is CC1(C)C2CCC1(CS(=O)(=O)Oc1ccc(OS(=O)(=O)C(F)(F)C(F)(F)C(F)(F)C(F)(F)F)cc1)C(=O)C2.c1ccc(Sc2ccccc2)cc1. The van der Waals surface area contributed by atoms with Crippen molar-refractivity contribution in [2.75, 3.05) is 5.75 Å². The van der Waals surface area contributed by atoms with Gasteiger partial charge in [-0.1, -0.05) is 62.0 Å². The zero-order valence-electron chi connectivity index (χ0n) is 26.5. The molecular formula is C32H29F9O7S3. The second-order valence-corrected chi connectivity index (χ2v) is 16.7. The summed E-state index contributed by atoms with van der Waals surface area (Å²) in [6.07, 6.45) is -6.13. The standard InChI is InChI=1S/C20H19F9O7S2.C12H10S/c1-15(2)11-7-8-16(15,14(30)9-11)10-37(31,32)35-12-3-5-13(6-4-12)36-38(33,34)20(28,29)18(23,24)17(21,22)19(25,26)27;1-3-7-11(8-4-1)13-12-9-5-2-6-10-12/h3-6,11H,7-10H2,1-2H3;1-10H. The third kappa shape index (κ3) is 7.70. The van der Waals surface area contributed by atoms with Crippen molar-refractivity contribution in [1.29, 1.82) is 0 Å². The average Bonchev–Trinajstić information content (AvgIpc) is 3.36. The van der Waals surface area contributed by atoms with Crippen LogP contribution in [0.3, 0.4) is 0 Å². The molecule has 5 rings (SSSR count). The quantitative estimate of drug-likeness (QED) is 0.140. The Morgan fingerprint density at radius 1 is 0.706 bits per heavy atom. The first kappa shape index (κ1) is 40.3. The lowest BCUT2D eigenvalue weighted by Crippen LogP contribution is -2.63. The Morgan fingerprint density at radius 3 is 1.55 bits per heavy atom. The van der Waals surface area contributed by atoms with E-state index in [-0.39, 0.29) is 18.1 Å². The summed E-state index contributed by atoms with van der Waals surface area (Å²) in [5.41, 5.74) is -1.87. The number of benzene rings is 3. The Balaban J connectivity index is 0.000000372. The van der Waals surface area contributed by atoms with Crippen LogP contribution in [-0.4, -0.2) is 51.6 Å². The predicted octanol–water partition coefficient (Wildman–Crippen LogP) is 8.76. The van der Waals surface area contributed by atoms with E-state index < -0.39 is 71.6 Å². The molecule has 0 aliphatic heterocycles. The zero-order chi connectivity index (χ0) is 38.3. The van der Waals surface area contributed by atoms with Gasteiger partial charge in [-0.2, -0.15) is 56.3 Å². The first-order chi connectivity index (χ1) is 23.3. The number of carbonyl (C=O) groups is 1. The highest BCUT2D eigenvalue weighted by molar-refractivity contribution is 7.99. The van der Waals surface area contributed by atoms with Crippen LogP contribution in [0.5, 0.6) is 11.5 Å². The van der Waals surface area contributed by atoms with Gasteiger partial charge in [0.05, 0.1) is 11.2 Å². The fourth-order valence-corrected chi connectivity index (χ4v) is 9.46. The summed E-state index contributed by atoms with van der Waals surface area (Å²) in [7, 11) is -11.6. The molecule has 51 heavy (non-hydrogen) atoms. The molecule has 2 aliphatic rings. The fourth-order valence-electron chi connectivity index (χ4n) is 5.95. The number of ketones is 1. The van der Waals surface area contributed by atoms with E-state index in [1.54, 1.807) is 25.6 Å². The predicted molar refractivity (Wildman–Crippen MR) is 167 cm³/mol. The molecule has 2 atom stereocenters. The zero-order valence-corrected chi connectivity index (χ0v) is 28.9. The first-order valence-corrected chi connectivity index (χ1v) is 18.6. The molecule has 0 radical (unpaired) electrons. The van der Waals surface area contributed by atoms with Crippen LogP contribution in [0.15, 0.2) is 94.7 Å². The molecule has 19 heteroatoms. The van der Waals surface area contributed by atoms with Crippen molar-refractivity contribution in [2.45, 2.75) is 66.2 Å². The number of hydrogen-bond acceptors (Lipinski definition) is 8. The molecule has 3 aromatic carbocycles. The van der Waals surface area contributed by atoms with Crippen molar-refractivity contribution in [3.05, 3.63) is 84.9 Å². The molecule has 0 N–H and O–H groups in total. The van der Waals surface area contributed by atoms with Crippen molar-refractivity contribution < 1.29 is 69.5 Å². The van der Waals surface area contributed by atoms with E-state index in [1.165, 1.54) is 9.79 Å². The van der Waals surface area contributed by atoms with Gasteiger partial charge < -0.3 is 8.37 Å². The van der Waals surface area contributed by atoms with Crippen molar-refractivity contribution in [3.63, 3.8) is 0 Å². The van der Waals surface area contributed by atoms with Crippen LogP contribution < -0.4 is 8.37 Å². The minimum Gasteiger partial charge on any atom is -0.382 e. The van der Waals surface area contributed by atoms with E-state index in [4.69, 9.17) is 4.18 Å². The van der Waals surface area contributed by atoms with Crippen LogP contribution in [0.2, 0.25) is 0 Å². The second kappa shape index (κ2) is 13.8. The van der Waals surface area contributed by atoms with Gasteiger partial charge in [0, 0.05) is 16.2 Å². The lowest BCUT2D eigenvalue weighted by molar-refractivity contribution is -0.382. The summed E-state index contributed by atoms with van der Waals surface area (Å²) >= 11 is 1.79. The maximum Gasteiger partial charge on any atom is 0.460 e. The Hall–Kier alpha value is -3.45. The maximum atomic E-state index is 13.8. The van der Waals surface area contributed by atoms with E-state index in [9.17, 15) is 61.1 Å². The summed E-state index contributed by atoms with van der Waals surface area (Å²) in [5.74, 6) is -17.8. The van der Waals surface area contributed by atoms with Crippen molar-refractivity contribution in [1.82, 2.24) is 0 Å². The molecule has 7 nitrogen and oxygen atoms in total. The minimum atomic E-state index is -7.47. The van der Waals surface area contributed by atoms with Crippen molar-refractivity contribution in [2.24, 2.45) is 16.7 Å². The van der Waals surface area contributed by atoms with Crippen LogP contribution in [-0.2, 0) is 25.0 Å². The summed E-state index contributed by atoms with van der Waals surface area (Å²) in [5, 5.41) is -7.06. The number of Topliss-reactive ketones (excluding diaryl/α,β-unsaturated/α-hetero) is 1. The number of carbonyl (C=O) groups excluding carboxylic acids is 1. The molecule has 0 aromatic heterocycles. The van der Waals surface area contributed by atoms with Gasteiger partial charge in [0.25, 0.3) is 0 Å². The molecular weight excluding hydrogens is 764 g/mol. The van der Waals surface area contributed by atoms with E-state index in [2.05, 4.69) is 52.7 Å². The number of hydrogen-bond donors (Lipinski definition) is 0. The second-order valence-electron chi connectivity index (χ2n) is 12.4. The van der Waals surface area contributed by atoms with Gasteiger partial charge in [-0.15, -0.1) is 0 Å². The third-order valence-electron chi connectivity index (χ3n) is 8.97. The van der Waals surface area contributed by atoms with Crippen molar-refractivity contribution >= 4 is 37.8 Å². The Bertz CT molecular complexity index is 1880. The van der Waals surface area contributed by atoms with Gasteiger partial charge in [-0.25, -0.2) is 0 Å². The molecule has 0 heterocycles. The van der Waals surface area contributed by atoms with Gasteiger partial charge in [0.2, 0.25) is 0 Å². The molecule has 3 aromatic rings. The van der Waals surface area contributed by atoms with Crippen LogP contribution in [0.1, 0.15) is 33.1 Å². The Kier molecular flexibility index (Phi) is 10.9. The molecule has 2 saturated carbocycles. The molecule has 0 amide bonds. The van der Waals surface area contributed by atoms with Crippen LogP contribution in [0.4, 0.5) is 39.5 Å². The highest BCUT2D eigenvalue weighted by Crippen LogP contribution is 2.64. The summed E-state index contributed by atoms with van der Waals surface area (Å²) < 4.78 is 174. The largest absolute Gasteiger partial charge is 0.460 e. The average molecular weight is 793 g/mol. The highest BCUT2D eigenvalue weighted by atomic mass is 32.2. The number of halogens is 9. The normalized spacial score (nSPS) is 20.8. The summed E-state index contributed by atoms with van der Waals surface area (Å²) in [6.45, 7) is 3.50. The van der Waals surface area contributed by atoms with Gasteiger partial charge in [-0.3, -0.25) is 4.79 Å². The lowest BCUT2D eigenvalue weighted by Gasteiger charge is -2.35. The van der Waals surface area contributed by atoms with Crippen LogP contribution >= 0.6 is 11.8 Å². The van der Waals surface area contributed by atoms with Crippen LogP contribution in [0, 0.1) is 16.7 Å². The van der Waals surface area contributed by atoms with E-state index in [1.807, 2.05) is 12.1 Å². The minimum absolute atomic E-state index is 0.0230. The first-order valence-electron chi connectivity index (χ1n) is 14.8. The number of fused-ring (bicyclic) bond motifs is 2. The molecule has 2 fully saturated rings. The summed E-state index contributed by atoms with van der Waals surface area (Å²) in [6, 6.07) is 22.8. The Morgan fingerprint density at radius 2 is 1.16 bits per heavy atom. The molecule has 0 spiro atoms. The van der Waals surface area contributed by atoms with E-state index in [0.29, 0.717) is 37.1 Å². The molecule has 2 unspecified atom stereocenters. The molecule has 2 bridgehead atoms. The van der Waals surface area contributed by atoms with E-state index in [0.717, 1.165) is 0 Å². The van der Waals surface area contributed by atoms with Gasteiger partial charge in [0.1, 0.15) is 17.3 Å². The monoisotopic (exact) mass is 792 g/mol.